The molecule has 0 atom stereocenters. The van der Waals surface area contributed by atoms with Crippen molar-refractivity contribution < 1.29 is 4.79 Å². The molecule has 0 unspecified atom stereocenters. The first-order chi connectivity index (χ1) is 10.7. The highest BCUT2D eigenvalue weighted by atomic mass is 32.1. The second kappa shape index (κ2) is 6.36. The van der Waals surface area contributed by atoms with Gasteiger partial charge in [0.25, 0.3) is 0 Å². The van der Waals surface area contributed by atoms with E-state index < -0.39 is 0 Å². The average molecular weight is 310 g/mol. The van der Waals surface area contributed by atoms with E-state index in [2.05, 4.69) is 20.2 Å². The van der Waals surface area contributed by atoms with Crippen LogP contribution in [0.25, 0.3) is 11.3 Å². The minimum Gasteiger partial charge on any atom is -0.308 e. The summed E-state index contributed by atoms with van der Waals surface area (Å²) in [5, 5.41) is 11.5. The smallest absolute Gasteiger partial charge is 0.308 e. The highest BCUT2D eigenvalue weighted by Crippen LogP contribution is 2.20. The van der Waals surface area contributed by atoms with Gasteiger partial charge in [-0.05, 0) is 42.2 Å². The molecule has 1 aromatic heterocycles. The van der Waals surface area contributed by atoms with Crippen molar-refractivity contribution in [3.8, 4) is 11.3 Å². The van der Waals surface area contributed by atoms with Gasteiger partial charge >= 0.3 is 6.03 Å². The van der Waals surface area contributed by atoms with Gasteiger partial charge in [0.2, 0.25) is 0 Å². The van der Waals surface area contributed by atoms with Gasteiger partial charge in [0.05, 0.1) is 0 Å². The second-order valence-electron chi connectivity index (χ2n) is 4.76. The van der Waals surface area contributed by atoms with Crippen molar-refractivity contribution in [2.24, 2.45) is 0 Å². The number of nitrogens with zero attached hydrogens (tertiary/aromatic N) is 2. The van der Waals surface area contributed by atoms with Crippen LogP contribution in [0.5, 0.6) is 0 Å². The van der Waals surface area contributed by atoms with Gasteiger partial charge in [-0.3, -0.25) is 0 Å². The molecule has 22 heavy (non-hydrogen) atoms. The van der Waals surface area contributed by atoms with Crippen molar-refractivity contribution >= 4 is 28.9 Å². The predicted molar refractivity (Wildman–Crippen MR) is 89.2 cm³/mol. The van der Waals surface area contributed by atoms with Crippen LogP contribution in [0.4, 0.5) is 16.2 Å². The van der Waals surface area contributed by atoms with Gasteiger partial charge in [-0.2, -0.15) is 0 Å². The number of rotatable bonds is 3. The SMILES string of the molecule is Cc1ccccc1NC(=O)Nc1ccc(-c2csnn2)cc1. The van der Waals surface area contributed by atoms with Gasteiger partial charge in [-0.25, -0.2) is 4.79 Å². The molecule has 110 valence electrons. The zero-order valence-electron chi connectivity index (χ0n) is 11.9. The summed E-state index contributed by atoms with van der Waals surface area (Å²) in [4.78, 5) is 12.0. The third kappa shape index (κ3) is 3.29. The third-order valence-electron chi connectivity index (χ3n) is 3.19. The molecule has 0 aliphatic carbocycles. The van der Waals surface area contributed by atoms with Crippen LogP contribution in [0.2, 0.25) is 0 Å². The third-order valence-corrected chi connectivity index (χ3v) is 3.70. The molecule has 2 aromatic carbocycles. The molecule has 0 aliphatic heterocycles. The monoisotopic (exact) mass is 310 g/mol. The summed E-state index contributed by atoms with van der Waals surface area (Å²) in [6.07, 6.45) is 0. The number of benzene rings is 2. The van der Waals surface area contributed by atoms with E-state index >= 15 is 0 Å². The van der Waals surface area contributed by atoms with Gasteiger partial charge in [-0.1, -0.05) is 34.8 Å². The molecule has 0 radical (unpaired) electrons. The van der Waals surface area contributed by atoms with Crippen molar-refractivity contribution in [1.82, 2.24) is 9.59 Å². The summed E-state index contributed by atoms with van der Waals surface area (Å²) in [7, 11) is 0. The molecule has 6 heteroatoms. The summed E-state index contributed by atoms with van der Waals surface area (Å²) in [5.74, 6) is 0. The summed E-state index contributed by atoms with van der Waals surface area (Å²) < 4.78 is 3.84. The van der Waals surface area contributed by atoms with E-state index in [1.165, 1.54) is 11.5 Å². The van der Waals surface area contributed by atoms with Gasteiger partial charge in [0.15, 0.2) is 0 Å². The molecule has 0 aliphatic rings. The van der Waals surface area contributed by atoms with E-state index in [1.54, 1.807) is 0 Å². The summed E-state index contributed by atoms with van der Waals surface area (Å²) >= 11 is 1.31. The van der Waals surface area contributed by atoms with E-state index in [1.807, 2.05) is 60.8 Å². The van der Waals surface area contributed by atoms with E-state index in [0.29, 0.717) is 0 Å². The zero-order chi connectivity index (χ0) is 15.4. The lowest BCUT2D eigenvalue weighted by molar-refractivity contribution is 0.262. The lowest BCUT2D eigenvalue weighted by Crippen LogP contribution is -2.19. The molecule has 3 aromatic rings. The minimum atomic E-state index is -0.266. The number of aryl methyl sites for hydroxylation is 1. The van der Waals surface area contributed by atoms with Crippen LogP contribution in [0, 0.1) is 6.92 Å². The van der Waals surface area contributed by atoms with Crippen LogP contribution in [0.3, 0.4) is 0 Å². The number of para-hydroxylation sites is 1. The molecule has 1 heterocycles. The Morgan fingerprint density at radius 1 is 1.05 bits per heavy atom. The summed E-state index contributed by atoms with van der Waals surface area (Å²) in [6, 6.07) is 14.9. The van der Waals surface area contributed by atoms with E-state index in [0.717, 1.165) is 28.2 Å². The minimum absolute atomic E-state index is 0.266. The number of aromatic nitrogens is 2. The van der Waals surface area contributed by atoms with Crippen LogP contribution >= 0.6 is 11.5 Å². The number of amides is 2. The number of urea groups is 1. The van der Waals surface area contributed by atoms with E-state index in [4.69, 9.17) is 0 Å². The molecule has 0 bridgehead atoms. The number of anilines is 2. The molecule has 0 saturated heterocycles. The highest BCUT2D eigenvalue weighted by molar-refractivity contribution is 7.03. The van der Waals surface area contributed by atoms with Crippen LogP contribution in [0.15, 0.2) is 53.9 Å². The number of carbonyl (C=O) groups excluding carboxylic acids is 1. The fourth-order valence-corrected chi connectivity index (χ4v) is 2.48. The number of hydrogen-bond acceptors (Lipinski definition) is 4. The quantitative estimate of drug-likeness (QED) is 0.763. The molecular weight excluding hydrogens is 296 g/mol. The van der Waals surface area contributed by atoms with Crippen molar-refractivity contribution in [3.05, 3.63) is 59.5 Å². The average Bonchev–Trinajstić information content (AvgIpc) is 3.05. The van der Waals surface area contributed by atoms with Crippen LogP contribution < -0.4 is 10.6 Å². The normalized spacial score (nSPS) is 10.2. The Bertz CT molecular complexity index is 769. The maximum Gasteiger partial charge on any atom is 0.323 e. The number of hydrogen-bond donors (Lipinski definition) is 2. The van der Waals surface area contributed by atoms with Crippen LogP contribution in [-0.2, 0) is 0 Å². The topological polar surface area (TPSA) is 66.9 Å². The Morgan fingerprint density at radius 3 is 2.50 bits per heavy atom. The lowest BCUT2D eigenvalue weighted by Gasteiger charge is -2.10. The summed E-state index contributed by atoms with van der Waals surface area (Å²) in [6.45, 7) is 1.95. The molecule has 0 fully saturated rings. The Balaban J connectivity index is 1.66. The first kappa shape index (κ1) is 14.2. The van der Waals surface area contributed by atoms with Gasteiger partial charge in [-0.15, -0.1) is 5.10 Å². The van der Waals surface area contributed by atoms with Crippen molar-refractivity contribution in [3.63, 3.8) is 0 Å². The number of carbonyl (C=O) groups is 1. The molecule has 3 rings (SSSR count). The summed E-state index contributed by atoms with van der Waals surface area (Å²) in [5.41, 5.74) is 4.34. The largest absolute Gasteiger partial charge is 0.323 e. The van der Waals surface area contributed by atoms with Crippen molar-refractivity contribution in [2.75, 3.05) is 10.6 Å². The van der Waals surface area contributed by atoms with Crippen LogP contribution in [0.1, 0.15) is 5.56 Å². The van der Waals surface area contributed by atoms with Crippen molar-refractivity contribution in [1.29, 1.82) is 0 Å². The van der Waals surface area contributed by atoms with Gasteiger partial charge < -0.3 is 10.6 Å². The molecule has 0 saturated carbocycles. The first-order valence-corrected chi connectivity index (χ1v) is 7.57. The Morgan fingerprint density at radius 2 is 1.82 bits per heavy atom. The fourth-order valence-electron chi connectivity index (χ4n) is 2.01. The second-order valence-corrected chi connectivity index (χ2v) is 5.37. The maximum absolute atomic E-state index is 12.0. The standard InChI is InChI=1S/C16H14N4OS/c1-11-4-2-3-5-14(11)18-16(21)17-13-8-6-12(7-9-13)15-10-22-20-19-15/h2-10H,1H3,(H2,17,18,21). The molecule has 0 spiro atoms. The molecule has 2 amide bonds. The molecular formula is C16H14N4OS. The Kier molecular flexibility index (Phi) is 4.11. The molecule has 2 N–H and O–H groups in total. The van der Waals surface area contributed by atoms with Crippen molar-refractivity contribution in [2.45, 2.75) is 6.92 Å². The van der Waals surface area contributed by atoms with E-state index in [9.17, 15) is 4.79 Å². The Labute approximate surface area is 132 Å². The lowest BCUT2D eigenvalue weighted by atomic mass is 10.1. The zero-order valence-corrected chi connectivity index (χ0v) is 12.7. The highest BCUT2D eigenvalue weighted by Gasteiger charge is 2.05. The molecule has 5 nitrogen and oxygen atoms in total. The number of nitrogens with one attached hydrogen (secondary N) is 2. The first-order valence-electron chi connectivity index (χ1n) is 6.73. The fraction of sp³-hybridized carbons (Fsp3) is 0.0625. The maximum atomic E-state index is 12.0. The van der Waals surface area contributed by atoms with Crippen LogP contribution in [-0.4, -0.2) is 15.6 Å². The van der Waals surface area contributed by atoms with Gasteiger partial charge in [0.1, 0.15) is 5.69 Å². The predicted octanol–water partition coefficient (Wildman–Crippen LogP) is 4.16. The van der Waals surface area contributed by atoms with Gasteiger partial charge in [0, 0.05) is 22.3 Å². The Hall–Kier alpha value is -2.73. The van der Waals surface area contributed by atoms with E-state index in [-0.39, 0.29) is 6.03 Å².